The van der Waals surface area contributed by atoms with E-state index in [9.17, 15) is 4.79 Å². The molecule has 3 N–H and O–H groups in total. The number of aromatic nitrogens is 2. The van der Waals surface area contributed by atoms with Gasteiger partial charge in [0.05, 0.1) is 0 Å². The average molecular weight is 510 g/mol. The van der Waals surface area contributed by atoms with Crippen LogP contribution in [-0.4, -0.2) is 38.7 Å². The quantitative estimate of drug-likeness (QED) is 0.378. The van der Waals surface area contributed by atoms with Crippen molar-refractivity contribution >= 4 is 27.5 Å². The summed E-state index contributed by atoms with van der Waals surface area (Å²) in [6, 6.07) is 26.0. The summed E-state index contributed by atoms with van der Waals surface area (Å²) in [6.07, 6.45) is 4.05. The van der Waals surface area contributed by atoms with Crippen LogP contribution in [0, 0.1) is 0 Å². The number of nitrogens with two attached hydrogens (primary N) is 1. The molecule has 1 aliphatic rings. The topological polar surface area (TPSA) is 80.9 Å². The second kappa shape index (κ2) is 9.82. The predicted octanol–water partition coefficient (Wildman–Crippen LogP) is 4.38. The van der Waals surface area contributed by atoms with Crippen LogP contribution < -0.4 is 11.1 Å². The number of benzene rings is 3. The number of anilines is 1. The first-order valence-electron chi connectivity index (χ1n) is 11.5. The minimum absolute atomic E-state index is 0.140. The number of rotatable bonds is 6. The molecule has 4 aromatic rings. The molecule has 6 heteroatoms. The van der Waals surface area contributed by atoms with Gasteiger partial charge in [-0.15, -0.1) is 0 Å². The van der Waals surface area contributed by atoms with Gasteiger partial charge < -0.3 is 0 Å². The van der Waals surface area contributed by atoms with Crippen molar-refractivity contribution in [3.05, 3.63) is 101 Å². The number of carbonyl (C=O) groups excluding carboxylic acids is 1. The summed E-state index contributed by atoms with van der Waals surface area (Å²) < 4.78 is 0.693. The van der Waals surface area contributed by atoms with Gasteiger partial charge in [-0.1, -0.05) is 0 Å². The maximum atomic E-state index is 12.1. The molecule has 0 saturated carbocycles. The number of fused-ring (bicyclic) bond motifs is 1. The Kier molecular flexibility index (Phi) is 6.46. The van der Waals surface area contributed by atoms with E-state index >= 15 is 0 Å². The molecule has 0 bridgehead atoms. The molecule has 2 unspecified atom stereocenters. The number of hydrogen-bond acceptors (Lipinski definition) is 4. The summed E-state index contributed by atoms with van der Waals surface area (Å²) >= 11 is -0.215. The number of hydrogen-bond donors (Lipinski definition) is 2. The van der Waals surface area contributed by atoms with Crippen LogP contribution in [0.1, 0.15) is 38.3 Å². The molecule has 34 heavy (non-hydrogen) atoms. The standard InChI is InChI=1S/C28H27AsN4O/c1-31-28(34)26-27(30)32-17-25(33-26)20-10-5-7-18(15-20)16-29-24-14-13-22-21(11-6-12-23(22)24)19-8-3-2-4-9-19/h2-12,15,17,24,29H,13-14,16H2,1H3,(H2,30,32)(H,31,34). The molecule has 2 atom stereocenters. The molecule has 5 nitrogen and oxygen atoms in total. The van der Waals surface area contributed by atoms with Gasteiger partial charge in [-0.25, -0.2) is 0 Å². The van der Waals surface area contributed by atoms with Crippen molar-refractivity contribution in [3.8, 4) is 22.4 Å². The third-order valence-corrected chi connectivity index (χ3v) is 9.95. The van der Waals surface area contributed by atoms with Crippen LogP contribution in [0.15, 0.2) is 79.0 Å². The Bertz CT molecular complexity index is 1340. The molecule has 1 amide bonds. The summed E-state index contributed by atoms with van der Waals surface area (Å²) in [5, 5.41) is 3.68. The molecule has 1 aliphatic carbocycles. The molecule has 5 rings (SSSR count). The Morgan fingerprint density at radius 1 is 1.06 bits per heavy atom. The van der Waals surface area contributed by atoms with E-state index in [1.807, 2.05) is 6.07 Å². The van der Waals surface area contributed by atoms with E-state index in [1.165, 1.54) is 28.7 Å². The van der Waals surface area contributed by atoms with E-state index in [1.54, 1.807) is 18.8 Å². The van der Waals surface area contributed by atoms with Crippen LogP contribution in [0.5, 0.6) is 0 Å². The third-order valence-electron chi connectivity index (χ3n) is 6.37. The normalized spacial score (nSPS) is 14.9. The number of carbonyl (C=O) groups is 1. The van der Waals surface area contributed by atoms with Gasteiger partial charge in [-0.3, -0.25) is 0 Å². The zero-order valence-electron chi connectivity index (χ0n) is 19.1. The van der Waals surface area contributed by atoms with Gasteiger partial charge in [0.2, 0.25) is 0 Å². The molecule has 0 saturated heterocycles. The Morgan fingerprint density at radius 3 is 2.68 bits per heavy atom. The van der Waals surface area contributed by atoms with Crippen molar-refractivity contribution in [3.63, 3.8) is 0 Å². The molecule has 0 spiro atoms. The first-order valence-corrected chi connectivity index (χ1v) is 14.2. The fraction of sp³-hybridized carbons (Fsp3) is 0.179. The molecule has 170 valence electrons. The second-order valence-corrected chi connectivity index (χ2v) is 11.5. The van der Waals surface area contributed by atoms with E-state index < -0.39 is 0 Å². The number of nitrogens with zero attached hydrogens (tertiary/aromatic N) is 2. The molecule has 1 heterocycles. The zero-order valence-corrected chi connectivity index (χ0v) is 21.2. The van der Waals surface area contributed by atoms with Gasteiger partial charge in [-0.05, 0) is 0 Å². The Morgan fingerprint density at radius 2 is 1.85 bits per heavy atom. The molecule has 3 aromatic carbocycles. The summed E-state index contributed by atoms with van der Waals surface area (Å²) in [5.74, 6) is -0.190. The van der Waals surface area contributed by atoms with Crippen LogP contribution >= 0.6 is 0 Å². The van der Waals surface area contributed by atoms with Crippen LogP contribution in [-0.2, 0) is 11.6 Å². The van der Waals surface area contributed by atoms with Gasteiger partial charge in [0.15, 0.2) is 0 Å². The van der Waals surface area contributed by atoms with Gasteiger partial charge in [0.1, 0.15) is 0 Å². The zero-order chi connectivity index (χ0) is 23.5. The molecule has 1 aromatic heterocycles. The van der Waals surface area contributed by atoms with Crippen molar-refractivity contribution in [2.75, 3.05) is 12.8 Å². The fourth-order valence-corrected chi connectivity index (χ4v) is 7.89. The van der Waals surface area contributed by atoms with Gasteiger partial charge in [0, 0.05) is 0 Å². The number of amides is 1. The summed E-state index contributed by atoms with van der Waals surface area (Å²) in [5.41, 5.74) is 14.7. The predicted molar refractivity (Wildman–Crippen MR) is 139 cm³/mol. The van der Waals surface area contributed by atoms with E-state index in [0.717, 1.165) is 17.2 Å². The summed E-state index contributed by atoms with van der Waals surface area (Å²) in [4.78, 5) is 20.7. The minimum atomic E-state index is -0.329. The SMILES string of the molecule is CNC(=O)c1nc(-c2cccc(C[AsH]C3CCc4c(-c5ccccc5)cccc43)c2)cnc1N. The Labute approximate surface area is 206 Å². The summed E-state index contributed by atoms with van der Waals surface area (Å²) in [7, 11) is 1.56. The number of nitrogen functional groups attached to an aromatic ring is 1. The fourth-order valence-electron chi connectivity index (χ4n) is 4.66. The van der Waals surface area contributed by atoms with Crippen LogP contribution in [0.2, 0.25) is 0 Å². The van der Waals surface area contributed by atoms with Gasteiger partial charge in [0.25, 0.3) is 0 Å². The van der Waals surface area contributed by atoms with Crippen molar-refractivity contribution in [1.29, 1.82) is 0 Å². The van der Waals surface area contributed by atoms with Crippen LogP contribution in [0.4, 0.5) is 5.82 Å². The molecule has 0 fully saturated rings. The van der Waals surface area contributed by atoms with Gasteiger partial charge >= 0.3 is 207 Å². The van der Waals surface area contributed by atoms with Crippen molar-refractivity contribution in [1.82, 2.24) is 15.3 Å². The van der Waals surface area contributed by atoms with E-state index in [0.29, 0.717) is 10.4 Å². The van der Waals surface area contributed by atoms with Crippen molar-refractivity contribution in [2.24, 2.45) is 0 Å². The molecular weight excluding hydrogens is 483 g/mol. The third kappa shape index (κ3) is 4.49. The van der Waals surface area contributed by atoms with Crippen molar-refractivity contribution in [2.45, 2.75) is 22.8 Å². The average Bonchev–Trinajstić information content (AvgIpc) is 3.31. The first-order chi connectivity index (χ1) is 16.6. The van der Waals surface area contributed by atoms with Gasteiger partial charge in [-0.2, -0.15) is 0 Å². The van der Waals surface area contributed by atoms with Crippen molar-refractivity contribution < 1.29 is 4.79 Å². The molecular formula is C28H27AsN4O. The summed E-state index contributed by atoms with van der Waals surface area (Å²) in [6.45, 7) is 0. The number of nitrogens with one attached hydrogen (secondary N) is 1. The first kappa shape index (κ1) is 22.4. The second-order valence-electron chi connectivity index (χ2n) is 8.48. The Hall–Kier alpha value is -3.43. The van der Waals surface area contributed by atoms with E-state index in [2.05, 4.69) is 82.0 Å². The van der Waals surface area contributed by atoms with Crippen LogP contribution in [0.25, 0.3) is 22.4 Å². The van der Waals surface area contributed by atoms with Crippen LogP contribution in [0.3, 0.4) is 0 Å². The maximum absolute atomic E-state index is 12.1. The Balaban J connectivity index is 1.34. The van der Waals surface area contributed by atoms with E-state index in [4.69, 9.17) is 5.73 Å². The molecule has 0 aliphatic heterocycles. The van der Waals surface area contributed by atoms with E-state index in [-0.39, 0.29) is 33.2 Å². The monoisotopic (exact) mass is 510 g/mol. The molecule has 0 radical (unpaired) electrons.